The van der Waals surface area contributed by atoms with Gasteiger partial charge >= 0.3 is 0 Å². The molecule has 2 heterocycles. The molecule has 0 radical (unpaired) electrons. The SMILES string of the molecule is CCC1/C(c2ccccc2)=N\C(C2C=CCCC2)C(C)CCC1C1C=C(C2=CC(c3cc(C4=CCCC=C4)cc(C4NC(c5ccccc5)=NC(c5ccccc5)=C5CC54)c3)CC=C2)CCC1. The van der Waals surface area contributed by atoms with Crippen molar-refractivity contribution in [3.05, 3.63) is 214 Å². The topological polar surface area (TPSA) is 36.8 Å². The third kappa shape index (κ3) is 9.41. The highest BCUT2D eigenvalue weighted by Gasteiger charge is 2.44. The molecule has 9 unspecified atom stereocenters. The van der Waals surface area contributed by atoms with E-state index in [9.17, 15) is 0 Å². The molecule has 0 spiro atoms. The zero-order chi connectivity index (χ0) is 45.1. The van der Waals surface area contributed by atoms with E-state index in [2.05, 4.69) is 183 Å². The number of hydrogen-bond acceptors (Lipinski definition) is 3. The van der Waals surface area contributed by atoms with Crippen molar-refractivity contribution >= 4 is 22.8 Å². The van der Waals surface area contributed by atoms with Crippen LogP contribution in [0.5, 0.6) is 0 Å². The largest absolute Gasteiger partial charge is 0.362 e. The van der Waals surface area contributed by atoms with Crippen LogP contribution in [0.4, 0.5) is 0 Å². The van der Waals surface area contributed by atoms with Gasteiger partial charge in [0, 0.05) is 34.6 Å². The maximum Gasteiger partial charge on any atom is 0.134 e. The molecule has 1 fully saturated rings. The van der Waals surface area contributed by atoms with Crippen LogP contribution in [0.1, 0.15) is 143 Å². The molecule has 9 atom stereocenters. The molecule has 7 aliphatic rings. The number of benzene rings is 4. The van der Waals surface area contributed by atoms with Crippen LogP contribution in [0.25, 0.3) is 11.3 Å². The maximum absolute atomic E-state index is 5.89. The Morgan fingerprint density at radius 3 is 2.15 bits per heavy atom. The highest BCUT2D eigenvalue weighted by atomic mass is 15.1. The molecule has 340 valence electrons. The second kappa shape index (κ2) is 19.8. The van der Waals surface area contributed by atoms with Crippen molar-refractivity contribution in [1.29, 1.82) is 0 Å². The molecule has 3 nitrogen and oxygen atoms in total. The number of amidine groups is 1. The van der Waals surface area contributed by atoms with E-state index in [-0.39, 0.29) is 6.04 Å². The third-order valence-electron chi connectivity index (χ3n) is 16.5. The van der Waals surface area contributed by atoms with Gasteiger partial charge in [0.15, 0.2) is 0 Å². The average Bonchev–Trinajstić information content (AvgIpc) is 4.21. The number of nitrogens with zero attached hydrogens (tertiary/aromatic N) is 2. The van der Waals surface area contributed by atoms with Gasteiger partial charge in [0.1, 0.15) is 5.84 Å². The lowest BCUT2D eigenvalue weighted by atomic mass is 9.67. The molecule has 4 aromatic rings. The van der Waals surface area contributed by atoms with Crippen molar-refractivity contribution < 1.29 is 0 Å². The summed E-state index contributed by atoms with van der Waals surface area (Å²) < 4.78 is 0. The van der Waals surface area contributed by atoms with Crippen LogP contribution in [-0.4, -0.2) is 17.6 Å². The quantitative estimate of drug-likeness (QED) is 0.158. The first kappa shape index (κ1) is 43.8. The Morgan fingerprint density at radius 2 is 1.40 bits per heavy atom. The highest BCUT2D eigenvalue weighted by Crippen LogP contribution is 2.53. The van der Waals surface area contributed by atoms with E-state index in [4.69, 9.17) is 9.98 Å². The van der Waals surface area contributed by atoms with Crippen LogP contribution in [-0.2, 0) is 0 Å². The first-order valence-electron chi connectivity index (χ1n) is 26.2. The Bertz CT molecular complexity index is 2700. The van der Waals surface area contributed by atoms with Crippen molar-refractivity contribution in [3.8, 4) is 0 Å². The van der Waals surface area contributed by atoms with Crippen LogP contribution < -0.4 is 5.32 Å². The fourth-order valence-corrected chi connectivity index (χ4v) is 12.8. The summed E-state index contributed by atoms with van der Waals surface area (Å²) in [4.78, 5) is 11.3. The number of hydrogen-bond donors (Lipinski definition) is 1. The number of allylic oxidation sites excluding steroid dienone is 11. The number of rotatable bonds is 10. The molecule has 1 N–H and O–H groups in total. The van der Waals surface area contributed by atoms with Gasteiger partial charge in [0.05, 0.1) is 17.8 Å². The van der Waals surface area contributed by atoms with Gasteiger partial charge in [-0.05, 0) is 158 Å². The molecule has 11 rings (SSSR count). The van der Waals surface area contributed by atoms with Crippen molar-refractivity contribution in [3.63, 3.8) is 0 Å². The Morgan fingerprint density at radius 1 is 0.657 bits per heavy atom. The van der Waals surface area contributed by atoms with Gasteiger partial charge in [-0.3, -0.25) is 4.99 Å². The van der Waals surface area contributed by atoms with Crippen molar-refractivity contribution in [2.45, 2.75) is 115 Å². The van der Waals surface area contributed by atoms with E-state index in [1.54, 1.807) is 5.57 Å². The maximum atomic E-state index is 5.89. The monoisotopic (exact) mass is 880 g/mol. The number of fused-ring (bicyclic) bond motifs is 1. The van der Waals surface area contributed by atoms with Gasteiger partial charge in [-0.1, -0.05) is 172 Å². The van der Waals surface area contributed by atoms with Crippen LogP contribution in [0.3, 0.4) is 0 Å². The van der Waals surface area contributed by atoms with Gasteiger partial charge in [0.25, 0.3) is 0 Å². The second-order valence-electron chi connectivity index (χ2n) is 20.8. The van der Waals surface area contributed by atoms with E-state index in [1.807, 2.05) is 0 Å². The van der Waals surface area contributed by atoms with Crippen molar-refractivity contribution in [2.75, 3.05) is 0 Å². The summed E-state index contributed by atoms with van der Waals surface area (Å²) in [5.41, 5.74) is 16.2. The zero-order valence-electron chi connectivity index (χ0n) is 39.9. The lowest BCUT2D eigenvalue weighted by Gasteiger charge is -2.40. The van der Waals surface area contributed by atoms with Crippen LogP contribution >= 0.6 is 0 Å². The summed E-state index contributed by atoms with van der Waals surface area (Å²) in [6.45, 7) is 4.94. The predicted octanol–water partition coefficient (Wildman–Crippen LogP) is 15.9. The van der Waals surface area contributed by atoms with E-state index in [0.29, 0.717) is 47.5 Å². The van der Waals surface area contributed by atoms with Crippen LogP contribution in [0, 0.1) is 35.5 Å². The van der Waals surface area contributed by atoms with Gasteiger partial charge in [-0.25, -0.2) is 4.99 Å². The van der Waals surface area contributed by atoms with E-state index >= 15 is 0 Å². The molecule has 0 bridgehead atoms. The normalized spacial score (nSPS) is 30.2. The molecular formula is C64H69N3. The Kier molecular flexibility index (Phi) is 12.9. The van der Waals surface area contributed by atoms with E-state index in [0.717, 1.165) is 55.6 Å². The first-order valence-corrected chi connectivity index (χ1v) is 26.2. The second-order valence-corrected chi connectivity index (χ2v) is 20.8. The highest BCUT2D eigenvalue weighted by molar-refractivity contribution is 6.04. The minimum absolute atomic E-state index is 0.128. The minimum Gasteiger partial charge on any atom is -0.362 e. The molecule has 0 saturated heterocycles. The van der Waals surface area contributed by atoms with Gasteiger partial charge in [0.2, 0.25) is 0 Å². The lowest BCUT2D eigenvalue weighted by molar-refractivity contribution is 0.223. The summed E-state index contributed by atoms with van der Waals surface area (Å²) in [7, 11) is 0. The van der Waals surface area contributed by atoms with Crippen molar-refractivity contribution in [2.24, 2.45) is 45.5 Å². The fraction of sp³-hybridized carbons (Fsp3) is 0.375. The smallest absolute Gasteiger partial charge is 0.134 e. The molecule has 0 aromatic heterocycles. The lowest BCUT2D eigenvalue weighted by Crippen LogP contribution is -2.37. The molecule has 2 aliphatic heterocycles. The fourth-order valence-electron chi connectivity index (χ4n) is 12.8. The predicted molar refractivity (Wildman–Crippen MR) is 282 cm³/mol. The number of nitrogens with one attached hydrogen (secondary N) is 1. The molecule has 3 heteroatoms. The summed E-state index contributed by atoms with van der Waals surface area (Å²) in [6, 6.07) is 40.9. The van der Waals surface area contributed by atoms with Gasteiger partial charge in [-0.2, -0.15) is 0 Å². The van der Waals surface area contributed by atoms with E-state index < -0.39 is 0 Å². The Labute approximate surface area is 401 Å². The molecular weight excluding hydrogens is 811 g/mol. The standard InChI is InChI=1S/C64H69N3/c1-3-56-57(36-35-43(2)60(45-23-11-5-12-24-45)65-61(56)46-25-13-6-14-26-46)52-34-20-32-50(38-52)49-31-19-33-51(37-49)54-39-53(44-21-9-4-10-22-44)40-55(41-54)63-59-42-58(59)62(47-27-15-7-16-28-47)66-64(67-63)48-29-17-8-18-30-48/h6-9,11,13-19,21-23,25-31,37-41,43,45,51-52,56-57,59-60,63H,3-5,10,12,20,24,32-36,42H2,1-2H3,(H,66,67)/b65-61-. The molecule has 1 saturated carbocycles. The summed E-state index contributed by atoms with van der Waals surface area (Å²) in [5.74, 6) is 4.39. The number of aliphatic imine (C=N–C) groups is 2. The molecule has 4 aromatic carbocycles. The Hall–Kier alpha value is -5.80. The third-order valence-corrected chi connectivity index (χ3v) is 16.5. The van der Waals surface area contributed by atoms with Crippen LogP contribution in [0.15, 0.2) is 191 Å². The van der Waals surface area contributed by atoms with Crippen molar-refractivity contribution in [1.82, 2.24) is 5.32 Å². The summed E-state index contributed by atoms with van der Waals surface area (Å²) in [5, 5.41) is 4.07. The molecule has 5 aliphatic carbocycles. The minimum atomic E-state index is 0.128. The molecule has 67 heavy (non-hydrogen) atoms. The van der Waals surface area contributed by atoms with Crippen LogP contribution in [0.2, 0.25) is 0 Å². The summed E-state index contributed by atoms with van der Waals surface area (Å²) in [6.07, 6.45) is 37.9. The average molecular weight is 880 g/mol. The zero-order valence-corrected chi connectivity index (χ0v) is 39.9. The van der Waals surface area contributed by atoms with Gasteiger partial charge in [-0.15, -0.1) is 0 Å². The Balaban J connectivity index is 0.932. The van der Waals surface area contributed by atoms with Gasteiger partial charge < -0.3 is 5.32 Å². The molecule has 0 amide bonds. The van der Waals surface area contributed by atoms with E-state index in [1.165, 1.54) is 95.2 Å². The first-order chi connectivity index (χ1) is 33.1. The summed E-state index contributed by atoms with van der Waals surface area (Å²) >= 11 is 0.